The molecule has 0 aromatic carbocycles. The summed E-state index contributed by atoms with van der Waals surface area (Å²) in [5, 5.41) is 2.87. The van der Waals surface area contributed by atoms with E-state index in [9.17, 15) is 9.59 Å². The second kappa shape index (κ2) is 10.4. The maximum Gasteiger partial charge on any atom is 0.272 e. The highest BCUT2D eigenvalue weighted by atomic mass is 35.5. The number of aromatic nitrogens is 2. The van der Waals surface area contributed by atoms with E-state index in [1.54, 1.807) is 0 Å². The first-order chi connectivity index (χ1) is 10.1. The van der Waals surface area contributed by atoms with E-state index in [4.69, 9.17) is 11.5 Å². The number of primary amides is 1. The lowest BCUT2D eigenvalue weighted by atomic mass is 9.84. The van der Waals surface area contributed by atoms with E-state index in [2.05, 4.69) is 15.3 Å². The monoisotopic (exact) mass is 363 g/mol. The fraction of sp³-hybridized carbons (Fsp3) is 0.571. The summed E-state index contributed by atoms with van der Waals surface area (Å²) in [6.45, 7) is 0.364. The van der Waals surface area contributed by atoms with Gasteiger partial charge in [-0.1, -0.05) is 19.3 Å². The van der Waals surface area contributed by atoms with Crippen molar-refractivity contribution in [2.45, 2.75) is 38.1 Å². The third-order valence-electron chi connectivity index (χ3n) is 3.94. The molecule has 7 nitrogen and oxygen atoms in total. The first-order valence-electron chi connectivity index (χ1n) is 7.25. The van der Waals surface area contributed by atoms with Crippen LogP contribution in [-0.2, 0) is 0 Å². The van der Waals surface area contributed by atoms with Gasteiger partial charge in [0.1, 0.15) is 0 Å². The molecule has 0 saturated heterocycles. The lowest BCUT2D eigenvalue weighted by Crippen LogP contribution is -2.46. The minimum atomic E-state index is -0.768. The van der Waals surface area contributed by atoms with Crippen LogP contribution >= 0.6 is 24.8 Å². The summed E-state index contributed by atoms with van der Waals surface area (Å²) in [6.07, 6.45) is 8.37. The van der Waals surface area contributed by atoms with Gasteiger partial charge in [0.25, 0.3) is 11.8 Å². The molecule has 130 valence electrons. The molecule has 1 heterocycles. The van der Waals surface area contributed by atoms with Gasteiger partial charge < -0.3 is 16.8 Å². The number of hydrogen-bond acceptors (Lipinski definition) is 5. The van der Waals surface area contributed by atoms with Crippen LogP contribution in [0.4, 0.5) is 0 Å². The Morgan fingerprint density at radius 1 is 1.13 bits per heavy atom. The van der Waals surface area contributed by atoms with Crippen LogP contribution < -0.4 is 16.8 Å². The number of nitrogens with zero attached hydrogens (tertiary/aromatic N) is 2. The van der Waals surface area contributed by atoms with Crippen molar-refractivity contribution >= 4 is 36.6 Å². The van der Waals surface area contributed by atoms with Crippen LogP contribution in [0.15, 0.2) is 12.4 Å². The molecule has 23 heavy (non-hydrogen) atoms. The van der Waals surface area contributed by atoms with Crippen LogP contribution in [0.2, 0.25) is 0 Å². The molecule has 9 heteroatoms. The molecule has 1 fully saturated rings. The molecular formula is C14H23Cl2N5O2. The zero-order valence-electron chi connectivity index (χ0n) is 12.7. The topological polar surface area (TPSA) is 124 Å². The minimum Gasteiger partial charge on any atom is -0.364 e. The minimum absolute atomic E-state index is 0. The van der Waals surface area contributed by atoms with Crippen LogP contribution in [0.3, 0.4) is 0 Å². The van der Waals surface area contributed by atoms with Gasteiger partial charge in [-0.05, 0) is 18.8 Å². The van der Waals surface area contributed by atoms with Crippen molar-refractivity contribution in [2.75, 3.05) is 6.54 Å². The van der Waals surface area contributed by atoms with E-state index in [1.165, 1.54) is 18.8 Å². The maximum absolute atomic E-state index is 12.3. The fourth-order valence-electron chi connectivity index (χ4n) is 2.83. The molecular weight excluding hydrogens is 341 g/mol. The van der Waals surface area contributed by atoms with Gasteiger partial charge in [-0.2, -0.15) is 0 Å². The second-order valence-electron chi connectivity index (χ2n) is 5.33. The number of carbonyl (C=O) groups excluding carboxylic acids is 2. The zero-order valence-corrected chi connectivity index (χ0v) is 14.4. The van der Waals surface area contributed by atoms with Crippen molar-refractivity contribution in [1.82, 2.24) is 15.3 Å². The predicted molar refractivity (Wildman–Crippen MR) is 91.9 cm³/mol. The number of nitrogens with one attached hydrogen (secondary N) is 1. The van der Waals surface area contributed by atoms with Gasteiger partial charge in [-0.25, -0.2) is 9.97 Å². The number of nitrogens with two attached hydrogens (primary N) is 2. The smallest absolute Gasteiger partial charge is 0.272 e. The molecule has 2 amide bonds. The lowest BCUT2D eigenvalue weighted by Gasteiger charge is -2.30. The molecule has 2 rings (SSSR count). The first-order valence-corrected chi connectivity index (χ1v) is 7.25. The number of halogens is 2. The average Bonchev–Trinajstić information content (AvgIpc) is 2.53. The Labute approximate surface area is 147 Å². The lowest BCUT2D eigenvalue weighted by molar-refractivity contribution is 0.0896. The summed E-state index contributed by atoms with van der Waals surface area (Å²) in [7, 11) is 0. The predicted octanol–water partition coefficient (Wildman–Crippen LogP) is 1.06. The number of hydrogen-bond donors (Lipinski definition) is 3. The molecule has 1 aliphatic rings. The van der Waals surface area contributed by atoms with E-state index >= 15 is 0 Å². The average molecular weight is 364 g/mol. The van der Waals surface area contributed by atoms with Crippen LogP contribution in [0.5, 0.6) is 0 Å². The summed E-state index contributed by atoms with van der Waals surface area (Å²) < 4.78 is 0. The Bertz CT molecular complexity index is 524. The highest BCUT2D eigenvalue weighted by Crippen LogP contribution is 2.26. The van der Waals surface area contributed by atoms with E-state index in [1.807, 2.05) is 0 Å². The summed E-state index contributed by atoms with van der Waals surface area (Å²) in [5.41, 5.74) is 10.8. The summed E-state index contributed by atoms with van der Waals surface area (Å²) in [5.74, 6) is -0.838. The van der Waals surface area contributed by atoms with Gasteiger partial charge in [0.05, 0.1) is 0 Å². The second-order valence-corrected chi connectivity index (χ2v) is 5.33. The molecule has 1 aromatic heterocycles. The van der Waals surface area contributed by atoms with Gasteiger partial charge in [0.2, 0.25) is 0 Å². The molecule has 1 unspecified atom stereocenters. The van der Waals surface area contributed by atoms with E-state index in [-0.39, 0.29) is 42.2 Å². The van der Waals surface area contributed by atoms with Gasteiger partial charge in [-0.15, -0.1) is 24.8 Å². The molecule has 0 radical (unpaired) electrons. The summed E-state index contributed by atoms with van der Waals surface area (Å²) >= 11 is 0. The maximum atomic E-state index is 12.3. The normalized spacial score (nSPS) is 15.7. The molecule has 1 aromatic rings. The van der Waals surface area contributed by atoms with E-state index < -0.39 is 11.8 Å². The third-order valence-corrected chi connectivity index (χ3v) is 3.94. The van der Waals surface area contributed by atoms with Crippen LogP contribution in [0.25, 0.3) is 0 Å². The van der Waals surface area contributed by atoms with E-state index in [0.717, 1.165) is 25.7 Å². The van der Waals surface area contributed by atoms with Crippen LogP contribution in [0.1, 0.15) is 53.1 Å². The molecule has 1 atom stereocenters. The first kappa shape index (κ1) is 21.6. The zero-order chi connectivity index (χ0) is 15.2. The molecule has 0 bridgehead atoms. The Balaban J connectivity index is 0.00000242. The highest BCUT2D eigenvalue weighted by molar-refractivity contribution is 6.04. The Morgan fingerprint density at radius 3 is 2.22 bits per heavy atom. The van der Waals surface area contributed by atoms with Crippen LogP contribution in [0, 0.1) is 5.92 Å². The Hall–Kier alpha value is -1.44. The largest absolute Gasteiger partial charge is 0.364 e. The summed E-state index contributed by atoms with van der Waals surface area (Å²) in [6, 6.07) is -0.111. The van der Waals surface area contributed by atoms with Crippen LogP contribution in [-0.4, -0.2) is 34.4 Å². The fourth-order valence-corrected chi connectivity index (χ4v) is 2.83. The third kappa shape index (κ3) is 5.60. The van der Waals surface area contributed by atoms with Gasteiger partial charge in [0.15, 0.2) is 11.4 Å². The van der Waals surface area contributed by atoms with Gasteiger partial charge in [-0.3, -0.25) is 9.59 Å². The molecule has 1 saturated carbocycles. The van der Waals surface area contributed by atoms with Crippen molar-refractivity contribution in [3.8, 4) is 0 Å². The quantitative estimate of drug-likeness (QED) is 0.721. The summed E-state index contributed by atoms with van der Waals surface area (Å²) in [4.78, 5) is 31.3. The molecule has 5 N–H and O–H groups in total. The molecule has 0 aliphatic heterocycles. The number of carbonyl (C=O) groups is 2. The molecule has 0 spiro atoms. The number of rotatable bonds is 5. The van der Waals surface area contributed by atoms with Crippen molar-refractivity contribution in [3.63, 3.8) is 0 Å². The highest BCUT2D eigenvalue weighted by Gasteiger charge is 2.26. The van der Waals surface area contributed by atoms with Crippen molar-refractivity contribution in [3.05, 3.63) is 23.8 Å². The molecule has 1 aliphatic carbocycles. The van der Waals surface area contributed by atoms with Gasteiger partial charge in [0, 0.05) is 25.0 Å². The SMILES string of the molecule is Cl.Cl.NCC(NC(=O)c1nccnc1C(N)=O)C1CCCCC1. The Morgan fingerprint density at radius 2 is 1.70 bits per heavy atom. The standard InChI is InChI=1S/C14H21N5O2.2ClH/c15-8-10(9-4-2-1-3-5-9)19-14(21)12-11(13(16)20)17-6-7-18-12;;/h6-7,9-10H,1-5,8,15H2,(H2,16,20)(H,19,21);2*1H. The van der Waals surface area contributed by atoms with Crippen molar-refractivity contribution in [1.29, 1.82) is 0 Å². The number of amides is 2. The Kier molecular flexibility index (Phi) is 9.71. The van der Waals surface area contributed by atoms with Crippen molar-refractivity contribution in [2.24, 2.45) is 17.4 Å². The van der Waals surface area contributed by atoms with Crippen molar-refractivity contribution < 1.29 is 9.59 Å². The van der Waals surface area contributed by atoms with Gasteiger partial charge >= 0.3 is 0 Å². The van der Waals surface area contributed by atoms with E-state index in [0.29, 0.717) is 12.5 Å².